The van der Waals surface area contributed by atoms with E-state index in [9.17, 15) is 13.2 Å². The van der Waals surface area contributed by atoms with Gasteiger partial charge < -0.3 is 14.1 Å². The summed E-state index contributed by atoms with van der Waals surface area (Å²) < 4.78 is 32.5. The van der Waals surface area contributed by atoms with Crippen molar-refractivity contribution in [2.75, 3.05) is 27.3 Å². The first kappa shape index (κ1) is 15.7. The van der Waals surface area contributed by atoms with E-state index in [0.29, 0.717) is 19.6 Å². The first-order chi connectivity index (χ1) is 8.77. The molecule has 1 heterocycles. The topological polar surface area (TPSA) is 103 Å². The molecule has 1 aromatic heterocycles. The summed E-state index contributed by atoms with van der Waals surface area (Å²) in [4.78, 5) is 13.3. The molecule has 2 N–H and O–H groups in total. The molecule has 0 aliphatic carbocycles. The highest BCUT2D eigenvalue weighted by Gasteiger charge is 2.22. The van der Waals surface area contributed by atoms with E-state index in [1.54, 1.807) is 14.2 Å². The molecular weight excluding hydrogens is 272 g/mol. The summed E-state index contributed by atoms with van der Waals surface area (Å²) in [6.45, 7) is 2.47. The van der Waals surface area contributed by atoms with Crippen LogP contribution in [0.4, 0.5) is 0 Å². The molecule has 1 rings (SSSR count). The van der Waals surface area contributed by atoms with E-state index in [4.69, 9.17) is 14.3 Å². The van der Waals surface area contributed by atoms with E-state index < -0.39 is 15.9 Å². The van der Waals surface area contributed by atoms with E-state index in [1.165, 1.54) is 11.8 Å². The van der Waals surface area contributed by atoms with Gasteiger partial charge in [0.15, 0.2) is 5.76 Å². The number of carbonyl (C=O) groups excluding carboxylic acids is 1. The lowest BCUT2D eigenvalue weighted by Gasteiger charge is -2.14. The van der Waals surface area contributed by atoms with Crippen molar-refractivity contribution in [2.45, 2.75) is 18.2 Å². The van der Waals surface area contributed by atoms with Gasteiger partial charge in [-0.1, -0.05) is 0 Å². The maximum Gasteiger partial charge on any atom is 0.289 e. The molecule has 0 bridgehead atoms. The van der Waals surface area contributed by atoms with Crippen molar-refractivity contribution in [2.24, 2.45) is 5.14 Å². The Bertz CT molecular complexity index is 549. The van der Waals surface area contributed by atoms with E-state index in [2.05, 4.69) is 0 Å². The molecule has 19 heavy (non-hydrogen) atoms. The molecule has 0 fully saturated rings. The van der Waals surface area contributed by atoms with Crippen molar-refractivity contribution in [3.63, 3.8) is 0 Å². The van der Waals surface area contributed by atoms with Crippen LogP contribution in [0.2, 0.25) is 0 Å². The molecule has 7 nitrogen and oxygen atoms in total. The van der Waals surface area contributed by atoms with Gasteiger partial charge >= 0.3 is 0 Å². The number of hydrogen-bond donors (Lipinski definition) is 1. The third-order valence-corrected chi connectivity index (χ3v) is 3.60. The van der Waals surface area contributed by atoms with E-state index >= 15 is 0 Å². The molecule has 0 radical (unpaired) electrons. The van der Waals surface area contributed by atoms with Gasteiger partial charge in [-0.3, -0.25) is 4.79 Å². The summed E-state index contributed by atoms with van der Waals surface area (Å²) in [6, 6.07) is 1.15. The van der Waals surface area contributed by atoms with E-state index in [1.807, 2.05) is 0 Å². The zero-order valence-corrected chi connectivity index (χ0v) is 12.0. The molecule has 0 saturated carbocycles. The van der Waals surface area contributed by atoms with Crippen LogP contribution in [0.1, 0.15) is 22.7 Å². The van der Waals surface area contributed by atoms with Crippen LogP contribution in [0.25, 0.3) is 0 Å². The average molecular weight is 290 g/mol. The number of sulfonamides is 1. The lowest BCUT2D eigenvalue weighted by atomic mass is 10.3. The summed E-state index contributed by atoms with van der Waals surface area (Å²) in [6.07, 6.45) is 0.681. The zero-order valence-electron chi connectivity index (χ0n) is 11.2. The largest absolute Gasteiger partial charge is 0.455 e. The maximum atomic E-state index is 12.0. The molecule has 0 aliphatic heterocycles. The van der Waals surface area contributed by atoms with Gasteiger partial charge in [0, 0.05) is 33.4 Å². The molecule has 1 aromatic rings. The first-order valence-corrected chi connectivity index (χ1v) is 7.19. The van der Waals surface area contributed by atoms with Crippen LogP contribution in [-0.4, -0.2) is 46.5 Å². The van der Waals surface area contributed by atoms with Gasteiger partial charge in [0.25, 0.3) is 5.91 Å². The van der Waals surface area contributed by atoms with E-state index in [0.717, 1.165) is 6.07 Å². The van der Waals surface area contributed by atoms with Gasteiger partial charge in [0.1, 0.15) is 10.7 Å². The number of ether oxygens (including phenoxy) is 1. The Hall–Kier alpha value is -1.38. The number of furan rings is 1. The molecule has 0 unspecified atom stereocenters. The van der Waals surface area contributed by atoms with Crippen LogP contribution in [0.15, 0.2) is 15.4 Å². The predicted octanol–water partition coefficient (Wildman–Crippen LogP) is 0.344. The van der Waals surface area contributed by atoms with Crippen LogP contribution in [-0.2, 0) is 14.8 Å². The Kier molecular flexibility index (Phi) is 5.10. The Balaban J connectivity index is 2.84. The normalized spacial score (nSPS) is 11.6. The monoisotopic (exact) mass is 290 g/mol. The molecule has 0 saturated heterocycles. The van der Waals surface area contributed by atoms with Crippen molar-refractivity contribution >= 4 is 15.9 Å². The highest BCUT2D eigenvalue weighted by Crippen LogP contribution is 2.19. The summed E-state index contributed by atoms with van der Waals surface area (Å²) >= 11 is 0. The minimum atomic E-state index is -3.88. The number of nitrogens with zero attached hydrogens (tertiary/aromatic N) is 1. The van der Waals surface area contributed by atoms with Crippen LogP contribution in [0.3, 0.4) is 0 Å². The van der Waals surface area contributed by atoms with Crippen LogP contribution >= 0.6 is 0 Å². The van der Waals surface area contributed by atoms with Gasteiger partial charge in [-0.05, 0) is 13.3 Å². The standard InChI is InChI=1S/C11H18N2O5S/c1-8-10(19(12,15)16)7-9(18-8)11(14)13(2)5-4-6-17-3/h7H,4-6H2,1-3H3,(H2,12,15,16). The number of primary sulfonamides is 1. The fourth-order valence-corrected chi connectivity index (χ4v) is 2.30. The minimum absolute atomic E-state index is 0.0403. The van der Waals surface area contributed by atoms with Crippen LogP contribution in [0, 0.1) is 6.92 Å². The molecule has 8 heteroatoms. The van der Waals surface area contributed by atoms with Gasteiger partial charge in [-0.25, -0.2) is 13.6 Å². The van der Waals surface area contributed by atoms with Gasteiger partial charge in [0.2, 0.25) is 10.0 Å². The number of hydrogen-bond acceptors (Lipinski definition) is 5. The second-order valence-electron chi connectivity index (χ2n) is 4.15. The predicted molar refractivity (Wildman–Crippen MR) is 68.3 cm³/mol. The summed E-state index contributed by atoms with van der Waals surface area (Å²) in [5, 5.41) is 5.02. The second-order valence-corrected chi connectivity index (χ2v) is 5.68. The summed E-state index contributed by atoms with van der Waals surface area (Å²) in [5.74, 6) is -0.327. The molecule has 0 aromatic carbocycles. The van der Waals surface area contributed by atoms with Gasteiger partial charge in [-0.15, -0.1) is 0 Å². The first-order valence-electron chi connectivity index (χ1n) is 5.65. The third-order valence-electron chi connectivity index (χ3n) is 2.58. The molecule has 108 valence electrons. The molecule has 0 spiro atoms. The Morgan fingerprint density at radius 1 is 1.53 bits per heavy atom. The van der Waals surface area contributed by atoms with Crippen molar-refractivity contribution in [3.8, 4) is 0 Å². The SMILES string of the molecule is COCCCN(C)C(=O)c1cc(S(N)(=O)=O)c(C)o1. The smallest absolute Gasteiger partial charge is 0.289 e. The number of carbonyl (C=O) groups is 1. The third kappa shape index (κ3) is 4.05. The Labute approximate surface area is 112 Å². The lowest BCUT2D eigenvalue weighted by Crippen LogP contribution is -2.28. The van der Waals surface area contributed by atoms with Crippen LogP contribution < -0.4 is 5.14 Å². The highest BCUT2D eigenvalue weighted by molar-refractivity contribution is 7.89. The average Bonchev–Trinajstić information content (AvgIpc) is 2.70. The Morgan fingerprint density at radius 2 is 2.16 bits per heavy atom. The quantitative estimate of drug-likeness (QED) is 0.761. The minimum Gasteiger partial charge on any atom is -0.455 e. The summed E-state index contributed by atoms with van der Waals surface area (Å²) in [7, 11) is -0.694. The highest BCUT2D eigenvalue weighted by atomic mass is 32.2. The number of amides is 1. The van der Waals surface area contributed by atoms with Crippen molar-refractivity contribution in [1.82, 2.24) is 4.90 Å². The molecule has 0 aliphatic rings. The molecule has 1 amide bonds. The Morgan fingerprint density at radius 3 is 2.63 bits per heavy atom. The number of nitrogens with two attached hydrogens (primary N) is 1. The fourth-order valence-electron chi connectivity index (χ4n) is 1.59. The van der Waals surface area contributed by atoms with E-state index in [-0.39, 0.29) is 16.4 Å². The second kappa shape index (κ2) is 6.18. The summed E-state index contributed by atoms with van der Waals surface area (Å²) in [5.41, 5.74) is 0. The molecule has 0 atom stereocenters. The number of rotatable bonds is 6. The van der Waals surface area contributed by atoms with Crippen molar-refractivity contribution < 1.29 is 22.4 Å². The van der Waals surface area contributed by atoms with Crippen molar-refractivity contribution in [1.29, 1.82) is 0 Å². The molecular formula is C11H18N2O5S. The zero-order chi connectivity index (χ0) is 14.6. The van der Waals surface area contributed by atoms with Gasteiger partial charge in [-0.2, -0.15) is 0 Å². The fraction of sp³-hybridized carbons (Fsp3) is 0.545. The number of aryl methyl sites for hydroxylation is 1. The number of methoxy groups -OCH3 is 1. The van der Waals surface area contributed by atoms with Crippen LogP contribution in [0.5, 0.6) is 0 Å². The van der Waals surface area contributed by atoms with Crippen molar-refractivity contribution in [3.05, 3.63) is 17.6 Å². The van der Waals surface area contributed by atoms with Gasteiger partial charge in [0.05, 0.1) is 0 Å². The lowest BCUT2D eigenvalue weighted by molar-refractivity contribution is 0.0746. The maximum absolute atomic E-state index is 12.0.